The maximum absolute atomic E-state index is 12.7. The van der Waals surface area contributed by atoms with E-state index in [2.05, 4.69) is 15.4 Å². The summed E-state index contributed by atoms with van der Waals surface area (Å²) in [6.45, 7) is 3.40. The standard InChI is InChI=1S/C12H14F3N5O/c1-11(2,6-9(16)21)18-10-7-5-8(12(13,14)15)19-20(7)4-3-17-10/h3-5H,6H2,1-2H3,(H2,16,21)(H,17,18). The molecule has 21 heavy (non-hydrogen) atoms. The van der Waals surface area contributed by atoms with Crippen molar-refractivity contribution >= 4 is 17.2 Å². The zero-order valence-corrected chi connectivity index (χ0v) is 11.4. The molecule has 2 aromatic heterocycles. The van der Waals surface area contributed by atoms with E-state index in [-0.39, 0.29) is 17.8 Å². The number of nitrogens with zero attached hydrogens (tertiary/aromatic N) is 3. The number of fused-ring (bicyclic) bond motifs is 1. The van der Waals surface area contributed by atoms with Gasteiger partial charge in [0.25, 0.3) is 0 Å². The minimum Gasteiger partial charge on any atom is -0.370 e. The number of carbonyl (C=O) groups excluding carboxylic acids is 1. The Morgan fingerprint density at radius 2 is 2.10 bits per heavy atom. The van der Waals surface area contributed by atoms with E-state index < -0.39 is 23.3 Å². The molecule has 0 saturated heterocycles. The summed E-state index contributed by atoms with van der Waals surface area (Å²) >= 11 is 0. The number of carbonyl (C=O) groups is 1. The van der Waals surface area contributed by atoms with Gasteiger partial charge in [0.1, 0.15) is 5.52 Å². The number of anilines is 1. The molecule has 0 aliphatic rings. The molecule has 0 aliphatic carbocycles. The minimum absolute atomic E-state index is 0.00992. The average molecular weight is 301 g/mol. The van der Waals surface area contributed by atoms with Gasteiger partial charge in [-0.25, -0.2) is 9.50 Å². The first-order valence-electron chi connectivity index (χ1n) is 6.06. The first-order chi connectivity index (χ1) is 9.58. The number of hydrogen-bond donors (Lipinski definition) is 2. The van der Waals surface area contributed by atoms with E-state index in [4.69, 9.17) is 5.73 Å². The number of halogens is 3. The van der Waals surface area contributed by atoms with Gasteiger partial charge in [-0.3, -0.25) is 4.79 Å². The van der Waals surface area contributed by atoms with Crippen LogP contribution in [0, 0.1) is 0 Å². The third kappa shape index (κ3) is 3.41. The van der Waals surface area contributed by atoms with Crippen LogP contribution in [0.3, 0.4) is 0 Å². The number of hydrogen-bond acceptors (Lipinski definition) is 4. The number of rotatable bonds is 4. The number of nitrogens with one attached hydrogen (secondary N) is 1. The fourth-order valence-electron chi connectivity index (χ4n) is 1.96. The summed E-state index contributed by atoms with van der Waals surface area (Å²) in [5.41, 5.74) is 3.55. The van der Waals surface area contributed by atoms with E-state index in [0.29, 0.717) is 0 Å². The molecule has 2 aromatic rings. The Labute approximate surface area is 118 Å². The molecule has 0 bridgehead atoms. The molecule has 2 rings (SSSR count). The highest BCUT2D eigenvalue weighted by molar-refractivity contribution is 5.76. The third-order valence-corrected chi connectivity index (χ3v) is 2.75. The summed E-state index contributed by atoms with van der Waals surface area (Å²) in [6.07, 6.45) is -1.89. The summed E-state index contributed by atoms with van der Waals surface area (Å²) in [4.78, 5) is 15.0. The van der Waals surface area contributed by atoms with Crippen LogP contribution in [0.1, 0.15) is 26.0 Å². The number of aromatic nitrogens is 3. The van der Waals surface area contributed by atoms with Crippen molar-refractivity contribution < 1.29 is 18.0 Å². The van der Waals surface area contributed by atoms with Crippen molar-refractivity contribution in [2.45, 2.75) is 32.0 Å². The zero-order chi connectivity index (χ0) is 15.8. The van der Waals surface area contributed by atoms with Gasteiger partial charge in [-0.2, -0.15) is 18.3 Å². The Hall–Kier alpha value is -2.32. The van der Waals surface area contributed by atoms with Gasteiger partial charge in [-0.1, -0.05) is 0 Å². The van der Waals surface area contributed by atoms with Crippen LogP contribution >= 0.6 is 0 Å². The van der Waals surface area contributed by atoms with Crippen LogP contribution in [0.4, 0.5) is 19.0 Å². The summed E-state index contributed by atoms with van der Waals surface area (Å²) in [6, 6.07) is 0.898. The average Bonchev–Trinajstić information content (AvgIpc) is 2.70. The molecule has 114 valence electrons. The second-order valence-corrected chi connectivity index (χ2v) is 5.28. The largest absolute Gasteiger partial charge is 0.435 e. The van der Waals surface area contributed by atoms with Crippen LogP contribution in [0.2, 0.25) is 0 Å². The highest BCUT2D eigenvalue weighted by Gasteiger charge is 2.34. The zero-order valence-electron chi connectivity index (χ0n) is 11.4. The van der Waals surface area contributed by atoms with Gasteiger partial charge >= 0.3 is 6.18 Å². The smallest absolute Gasteiger partial charge is 0.370 e. The van der Waals surface area contributed by atoms with E-state index in [1.807, 2.05) is 0 Å². The molecular weight excluding hydrogens is 287 g/mol. The second kappa shape index (κ2) is 4.90. The summed E-state index contributed by atoms with van der Waals surface area (Å²) in [7, 11) is 0. The molecule has 0 unspecified atom stereocenters. The number of primary amides is 1. The Bertz CT molecular complexity index is 677. The molecule has 0 saturated carbocycles. The first kappa shape index (κ1) is 15.1. The second-order valence-electron chi connectivity index (χ2n) is 5.28. The summed E-state index contributed by atoms with van der Waals surface area (Å²) in [5.74, 6) is -0.323. The summed E-state index contributed by atoms with van der Waals surface area (Å²) in [5, 5.41) is 6.37. The number of nitrogens with two attached hydrogens (primary N) is 1. The highest BCUT2D eigenvalue weighted by atomic mass is 19.4. The fourth-order valence-corrected chi connectivity index (χ4v) is 1.96. The lowest BCUT2D eigenvalue weighted by Gasteiger charge is -2.25. The molecule has 0 radical (unpaired) electrons. The van der Waals surface area contributed by atoms with Gasteiger partial charge in [-0.05, 0) is 13.8 Å². The lowest BCUT2D eigenvalue weighted by atomic mass is 10.0. The maximum atomic E-state index is 12.7. The van der Waals surface area contributed by atoms with Crippen LogP contribution < -0.4 is 11.1 Å². The van der Waals surface area contributed by atoms with Crippen LogP contribution in [-0.2, 0) is 11.0 Å². The Kier molecular flexibility index (Phi) is 3.52. The van der Waals surface area contributed by atoms with Crippen molar-refractivity contribution in [3.8, 4) is 0 Å². The minimum atomic E-state index is -4.54. The molecule has 6 nitrogen and oxygen atoms in total. The molecule has 1 amide bonds. The van der Waals surface area contributed by atoms with Crippen LogP contribution in [0.5, 0.6) is 0 Å². The SMILES string of the molecule is CC(C)(CC(N)=O)Nc1nccn2nc(C(F)(F)F)cc12. The molecule has 0 atom stereocenters. The van der Waals surface area contributed by atoms with Crippen molar-refractivity contribution in [1.82, 2.24) is 14.6 Å². The maximum Gasteiger partial charge on any atom is 0.435 e. The Morgan fingerprint density at radius 1 is 1.43 bits per heavy atom. The Balaban J connectivity index is 2.41. The number of amides is 1. The predicted molar refractivity (Wildman–Crippen MR) is 69.5 cm³/mol. The van der Waals surface area contributed by atoms with Gasteiger partial charge in [0, 0.05) is 30.4 Å². The van der Waals surface area contributed by atoms with Gasteiger partial charge in [0.2, 0.25) is 5.91 Å². The van der Waals surface area contributed by atoms with Crippen LogP contribution in [0.15, 0.2) is 18.5 Å². The van der Waals surface area contributed by atoms with E-state index >= 15 is 0 Å². The number of alkyl halides is 3. The van der Waals surface area contributed by atoms with E-state index in [0.717, 1.165) is 10.6 Å². The molecule has 3 N–H and O–H groups in total. The first-order valence-corrected chi connectivity index (χ1v) is 6.06. The topological polar surface area (TPSA) is 85.3 Å². The lowest BCUT2D eigenvalue weighted by molar-refractivity contribution is -0.141. The molecular formula is C12H14F3N5O. The van der Waals surface area contributed by atoms with Crippen molar-refractivity contribution in [3.05, 3.63) is 24.2 Å². The molecule has 0 aromatic carbocycles. The van der Waals surface area contributed by atoms with E-state index in [9.17, 15) is 18.0 Å². The molecule has 9 heteroatoms. The van der Waals surface area contributed by atoms with Gasteiger partial charge < -0.3 is 11.1 Å². The predicted octanol–water partition coefficient (Wildman–Crippen LogP) is 1.81. The van der Waals surface area contributed by atoms with Gasteiger partial charge in [-0.15, -0.1) is 0 Å². The van der Waals surface area contributed by atoms with Crippen molar-refractivity contribution in [3.63, 3.8) is 0 Å². The lowest BCUT2D eigenvalue weighted by Crippen LogP contribution is -2.36. The molecule has 0 aliphatic heterocycles. The van der Waals surface area contributed by atoms with Crippen LogP contribution in [0.25, 0.3) is 5.52 Å². The highest BCUT2D eigenvalue weighted by Crippen LogP contribution is 2.30. The quantitative estimate of drug-likeness (QED) is 0.902. The summed E-state index contributed by atoms with van der Waals surface area (Å²) < 4.78 is 39.2. The van der Waals surface area contributed by atoms with E-state index in [1.165, 1.54) is 12.4 Å². The van der Waals surface area contributed by atoms with E-state index in [1.54, 1.807) is 13.8 Å². The monoisotopic (exact) mass is 301 g/mol. The molecule has 0 fully saturated rings. The van der Waals surface area contributed by atoms with Gasteiger partial charge in [0.05, 0.1) is 0 Å². The third-order valence-electron chi connectivity index (χ3n) is 2.75. The molecule has 0 spiro atoms. The normalized spacial score (nSPS) is 12.6. The van der Waals surface area contributed by atoms with Gasteiger partial charge in [0.15, 0.2) is 11.5 Å². The van der Waals surface area contributed by atoms with Crippen molar-refractivity contribution in [1.29, 1.82) is 0 Å². The van der Waals surface area contributed by atoms with Crippen molar-refractivity contribution in [2.75, 3.05) is 5.32 Å². The van der Waals surface area contributed by atoms with Crippen molar-refractivity contribution in [2.24, 2.45) is 5.73 Å². The Morgan fingerprint density at radius 3 is 2.67 bits per heavy atom. The fraction of sp³-hybridized carbons (Fsp3) is 0.417. The van der Waals surface area contributed by atoms with Crippen LogP contribution in [-0.4, -0.2) is 26.0 Å². The molecule has 2 heterocycles.